The van der Waals surface area contributed by atoms with E-state index < -0.39 is 5.56 Å². The van der Waals surface area contributed by atoms with Crippen LogP contribution in [0.15, 0.2) is 11.1 Å². The zero-order valence-corrected chi connectivity index (χ0v) is 5.85. The van der Waals surface area contributed by atoms with Crippen molar-refractivity contribution in [3.8, 4) is 0 Å². The fraction of sp³-hybridized carbons (Fsp3) is 0. The van der Waals surface area contributed by atoms with Crippen LogP contribution in [0.5, 0.6) is 0 Å². The molecule has 2 heterocycles. The van der Waals surface area contributed by atoms with Crippen LogP contribution in [0.1, 0.15) is 0 Å². The van der Waals surface area contributed by atoms with Gasteiger partial charge in [-0.2, -0.15) is 4.98 Å². The lowest BCUT2D eigenvalue weighted by molar-refractivity contribution is 0.988. The van der Waals surface area contributed by atoms with E-state index in [9.17, 15) is 4.79 Å². The van der Waals surface area contributed by atoms with E-state index in [1.807, 2.05) is 0 Å². The number of nitrogens with zero attached hydrogens (tertiary/aromatic N) is 4. The molecule has 0 saturated carbocycles. The van der Waals surface area contributed by atoms with Gasteiger partial charge in [0.25, 0.3) is 5.56 Å². The van der Waals surface area contributed by atoms with Crippen LogP contribution in [0.4, 0.5) is 5.95 Å². The molecule has 0 aromatic carbocycles. The lowest BCUT2D eigenvalue weighted by Crippen LogP contribution is -2.13. The molecule has 0 radical (unpaired) electrons. The van der Waals surface area contributed by atoms with Crippen molar-refractivity contribution in [1.82, 2.24) is 25.1 Å². The normalized spacial score (nSPS) is 10.3. The standard InChI is InChI=1S/C5H4N6O/c6-5-9-3-2(4(12)10-5)11-8-1-7-3/h1H,(H3,6,7,8,9,10,12). The lowest BCUT2D eigenvalue weighted by Gasteiger charge is -1.93. The van der Waals surface area contributed by atoms with Gasteiger partial charge in [0.15, 0.2) is 11.2 Å². The van der Waals surface area contributed by atoms with E-state index in [0.717, 1.165) is 0 Å². The van der Waals surface area contributed by atoms with Crippen LogP contribution < -0.4 is 11.3 Å². The van der Waals surface area contributed by atoms with Crippen molar-refractivity contribution < 1.29 is 0 Å². The molecule has 0 aliphatic heterocycles. The summed E-state index contributed by atoms with van der Waals surface area (Å²) in [5.41, 5.74) is 5.13. The molecular weight excluding hydrogens is 160 g/mol. The van der Waals surface area contributed by atoms with E-state index in [-0.39, 0.29) is 17.1 Å². The number of hydrogen-bond acceptors (Lipinski definition) is 6. The van der Waals surface area contributed by atoms with Gasteiger partial charge in [0.1, 0.15) is 6.33 Å². The zero-order chi connectivity index (χ0) is 8.55. The van der Waals surface area contributed by atoms with Gasteiger partial charge < -0.3 is 5.73 Å². The quantitative estimate of drug-likeness (QED) is 0.500. The van der Waals surface area contributed by atoms with Crippen LogP contribution in [0.2, 0.25) is 0 Å². The Labute approximate surface area is 65.7 Å². The van der Waals surface area contributed by atoms with Crippen LogP contribution in [-0.4, -0.2) is 25.1 Å². The Balaban J connectivity index is 2.99. The molecule has 0 bridgehead atoms. The maximum Gasteiger partial charge on any atom is 0.282 e. The number of nitrogens with two attached hydrogens (primary N) is 1. The van der Waals surface area contributed by atoms with Gasteiger partial charge in [-0.1, -0.05) is 0 Å². The summed E-state index contributed by atoms with van der Waals surface area (Å²) in [6, 6.07) is 0. The van der Waals surface area contributed by atoms with E-state index in [1.165, 1.54) is 6.33 Å². The monoisotopic (exact) mass is 164 g/mol. The summed E-state index contributed by atoms with van der Waals surface area (Å²) < 4.78 is 0. The van der Waals surface area contributed by atoms with Crippen molar-refractivity contribution in [2.45, 2.75) is 0 Å². The largest absolute Gasteiger partial charge is 0.369 e. The Bertz CT molecular complexity index is 477. The number of aromatic amines is 1. The second kappa shape index (κ2) is 2.22. The summed E-state index contributed by atoms with van der Waals surface area (Å²) in [5, 5.41) is 6.99. The third-order valence-electron chi connectivity index (χ3n) is 1.28. The van der Waals surface area contributed by atoms with E-state index >= 15 is 0 Å². The summed E-state index contributed by atoms with van der Waals surface area (Å²) in [5.74, 6) is 0.0213. The third kappa shape index (κ3) is 0.875. The molecule has 3 N–H and O–H groups in total. The van der Waals surface area contributed by atoms with Crippen LogP contribution in [0.3, 0.4) is 0 Å². The Morgan fingerprint density at radius 1 is 1.50 bits per heavy atom. The second-order valence-electron chi connectivity index (χ2n) is 2.08. The Hall–Kier alpha value is -2.05. The number of nitrogens with one attached hydrogen (secondary N) is 1. The van der Waals surface area contributed by atoms with Crippen molar-refractivity contribution in [2.75, 3.05) is 5.73 Å². The predicted molar refractivity (Wildman–Crippen MR) is 40.2 cm³/mol. The maximum absolute atomic E-state index is 11.1. The highest BCUT2D eigenvalue weighted by Gasteiger charge is 2.02. The van der Waals surface area contributed by atoms with Gasteiger partial charge in [-0.25, -0.2) is 4.98 Å². The van der Waals surface area contributed by atoms with Crippen LogP contribution >= 0.6 is 0 Å². The van der Waals surface area contributed by atoms with E-state index in [1.54, 1.807) is 0 Å². The highest BCUT2D eigenvalue weighted by atomic mass is 16.1. The fourth-order valence-corrected chi connectivity index (χ4v) is 0.816. The molecule has 0 spiro atoms. The molecule has 0 atom stereocenters. The van der Waals surface area contributed by atoms with Gasteiger partial charge in [0.05, 0.1) is 0 Å². The van der Waals surface area contributed by atoms with Crippen LogP contribution in [0, 0.1) is 0 Å². The molecule has 12 heavy (non-hydrogen) atoms. The highest BCUT2D eigenvalue weighted by molar-refractivity contribution is 5.67. The number of anilines is 1. The number of H-pyrrole nitrogens is 1. The summed E-state index contributed by atoms with van der Waals surface area (Å²) >= 11 is 0. The Morgan fingerprint density at radius 3 is 3.17 bits per heavy atom. The van der Waals surface area contributed by atoms with E-state index in [0.29, 0.717) is 0 Å². The number of hydrogen-bond donors (Lipinski definition) is 2. The molecular formula is C5H4N6O. The lowest BCUT2D eigenvalue weighted by atomic mass is 10.5. The summed E-state index contributed by atoms with van der Waals surface area (Å²) in [4.78, 5) is 20.8. The molecule has 0 unspecified atom stereocenters. The first-order chi connectivity index (χ1) is 5.77. The molecule has 7 nitrogen and oxygen atoms in total. The minimum absolute atomic E-state index is 0.0213. The van der Waals surface area contributed by atoms with Crippen molar-refractivity contribution in [3.63, 3.8) is 0 Å². The fourth-order valence-electron chi connectivity index (χ4n) is 0.816. The summed E-state index contributed by atoms with van der Waals surface area (Å²) in [7, 11) is 0. The molecule has 0 fully saturated rings. The average Bonchev–Trinajstić information content (AvgIpc) is 2.04. The SMILES string of the molecule is Nc1nc2ncnnc2c(=O)[nH]1. The maximum atomic E-state index is 11.1. The number of fused-ring (bicyclic) bond motifs is 1. The highest BCUT2D eigenvalue weighted by Crippen LogP contribution is 1.96. The van der Waals surface area contributed by atoms with Crippen LogP contribution in [-0.2, 0) is 0 Å². The topological polar surface area (TPSA) is 110 Å². The van der Waals surface area contributed by atoms with Gasteiger partial charge in [0, 0.05) is 0 Å². The van der Waals surface area contributed by atoms with Gasteiger partial charge in [-0.15, -0.1) is 10.2 Å². The molecule has 60 valence electrons. The zero-order valence-electron chi connectivity index (χ0n) is 5.85. The number of aromatic nitrogens is 5. The molecule has 0 amide bonds. The minimum atomic E-state index is -0.432. The second-order valence-corrected chi connectivity index (χ2v) is 2.08. The van der Waals surface area contributed by atoms with Crippen LogP contribution in [0.25, 0.3) is 11.2 Å². The predicted octanol–water partition coefficient (Wildman–Crippen LogP) is -1.31. The molecule has 2 aromatic heterocycles. The molecule has 2 aromatic rings. The Morgan fingerprint density at radius 2 is 2.33 bits per heavy atom. The van der Waals surface area contributed by atoms with Crippen molar-refractivity contribution >= 4 is 17.1 Å². The van der Waals surface area contributed by atoms with Gasteiger partial charge >= 0.3 is 0 Å². The Kier molecular flexibility index (Phi) is 1.23. The first-order valence-corrected chi connectivity index (χ1v) is 3.10. The average molecular weight is 164 g/mol. The molecule has 0 saturated heterocycles. The van der Waals surface area contributed by atoms with Crippen molar-refractivity contribution in [2.24, 2.45) is 0 Å². The summed E-state index contributed by atoms with van der Waals surface area (Å²) in [6.07, 6.45) is 1.20. The number of nitrogen functional groups attached to an aromatic ring is 1. The third-order valence-corrected chi connectivity index (χ3v) is 1.28. The smallest absolute Gasteiger partial charge is 0.282 e. The van der Waals surface area contributed by atoms with E-state index in [2.05, 4.69) is 25.1 Å². The first kappa shape index (κ1) is 6.65. The molecule has 0 aliphatic rings. The van der Waals surface area contributed by atoms with Gasteiger partial charge in [-0.3, -0.25) is 9.78 Å². The first-order valence-electron chi connectivity index (χ1n) is 3.10. The molecule has 2 rings (SSSR count). The minimum Gasteiger partial charge on any atom is -0.369 e. The molecule has 7 heteroatoms. The van der Waals surface area contributed by atoms with Gasteiger partial charge in [-0.05, 0) is 0 Å². The van der Waals surface area contributed by atoms with Gasteiger partial charge in [0.2, 0.25) is 5.95 Å². The van der Waals surface area contributed by atoms with E-state index in [4.69, 9.17) is 5.73 Å². The summed E-state index contributed by atoms with van der Waals surface area (Å²) in [6.45, 7) is 0. The van der Waals surface area contributed by atoms with Crippen molar-refractivity contribution in [1.29, 1.82) is 0 Å². The molecule has 0 aliphatic carbocycles. The van der Waals surface area contributed by atoms with Crippen molar-refractivity contribution in [3.05, 3.63) is 16.7 Å². The number of rotatable bonds is 0.